The molecule has 0 aliphatic heterocycles. The van der Waals surface area contributed by atoms with E-state index < -0.39 is 137 Å². The Balaban J connectivity index is 3.70. The molecule has 0 aromatic carbocycles. The minimum absolute atomic E-state index is 0.00682. The van der Waals surface area contributed by atoms with Crippen molar-refractivity contribution in [3.63, 3.8) is 0 Å². The van der Waals surface area contributed by atoms with E-state index in [1.54, 1.807) is 59.5 Å². The number of aliphatic hydroxyl groups excluding tert-OH is 1. The van der Waals surface area contributed by atoms with E-state index in [-0.39, 0.29) is 55.3 Å². The highest BCUT2D eigenvalue weighted by atomic mass is 16.3. The third-order valence-electron chi connectivity index (χ3n) is 16.6. The fourth-order valence-electron chi connectivity index (χ4n) is 10.7. The summed E-state index contributed by atoms with van der Waals surface area (Å²) in [5, 5.41) is 29.2. The summed E-state index contributed by atoms with van der Waals surface area (Å²) in [5.74, 6) is -7.77. The number of carbonyl (C=O) groups is 11. The van der Waals surface area contributed by atoms with Gasteiger partial charge in [0.25, 0.3) is 0 Å². The normalized spacial score (nSPS) is 15.4. The molecule has 25 nitrogen and oxygen atoms in total. The van der Waals surface area contributed by atoms with Gasteiger partial charge in [0.1, 0.15) is 54.4 Å². The number of likely N-dealkylation sites (N-methyl/N-ethyl adjacent to an activating group) is 6. The van der Waals surface area contributed by atoms with Crippen molar-refractivity contribution >= 4 is 65.1 Å². The lowest BCUT2D eigenvalue weighted by atomic mass is 9.90. The van der Waals surface area contributed by atoms with Gasteiger partial charge < -0.3 is 55.8 Å². The number of nitrogens with one attached hydrogen (secondary N) is 5. The highest BCUT2D eigenvalue weighted by Gasteiger charge is 2.45. The lowest BCUT2D eigenvalue weighted by Gasteiger charge is -2.41. The number of imide groups is 1. The van der Waals surface area contributed by atoms with Crippen LogP contribution in [0.4, 0.5) is 4.79 Å². The van der Waals surface area contributed by atoms with Crippen LogP contribution < -0.4 is 26.6 Å². The molecule has 89 heavy (non-hydrogen) atoms. The highest BCUT2D eigenvalue weighted by molar-refractivity contribution is 6.00. The van der Waals surface area contributed by atoms with Crippen molar-refractivity contribution in [2.45, 2.75) is 229 Å². The zero-order valence-electron chi connectivity index (χ0n) is 58.3. The Morgan fingerprint density at radius 1 is 0.539 bits per heavy atom. The maximum atomic E-state index is 15.1. The maximum absolute atomic E-state index is 15.1. The van der Waals surface area contributed by atoms with Crippen molar-refractivity contribution in [2.24, 2.45) is 48.5 Å². The van der Waals surface area contributed by atoms with Gasteiger partial charge in [-0.2, -0.15) is 5.10 Å². The molecule has 0 spiro atoms. The molecule has 0 saturated carbocycles. The van der Waals surface area contributed by atoms with Crippen molar-refractivity contribution in [2.75, 3.05) is 49.3 Å². The van der Waals surface area contributed by atoms with Gasteiger partial charge in [0.05, 0.1) is 12.3 Å². The average molecular weight is 1260 g/mol. The first-order valence-electron chi connectivity index (χ1n) is 31.9. The molecule has 0 aliphatic rings. The number of aromatic nitrogens is 2. The SMILES string of the molecule is CC[C@H](NC(=O)[C@H]([C@H](O)[C@H](C)CCCc1cnn(C)c1)N(C)C(=O)[C@H](C(C)C)N(C)C(=O)[C@H](CC(C)C)N(C)C(=O)CCC(C)C)C(=O)N(C)[C@H](C)C(=O)N(C)[C@@H](CC(C)C)C(=O)N[C@H](C(=O)N(C)[C@@H](CC(C)C)C(=O)N[C@H](C)C(=O)NC(=O)NC)C(C)C. The molecule has 508 valence electrons. The summed E-state index contributed by atoms with van der Waals surface area (Å²) in [6.45, 7) is 28.6. The molecule has 11 atom stereocenters. The second kappa shape index (κ2) is 37.5. The van der Waals surface area contributed by atoms with E-state index in [4.69, 9.17) is 0 Å². The van der Waals surface area contributed by atoms with E-state index in [0.29, 0.717) is 32.1 Å². The number of amides is 12. The fraction of sp³-hybridized carbons (Fsp3) is 0.781. The van der Waals surface area contributed by atoms with Gasteiger partial charge in [0.15, 0.2) is 0 Å². The maximum Gasteiger partial charge on any atom is 0.321 e. The van der Waals surface area contributed by atoms with Crippen molar-refractivity contribution in [3.05, 3.63) is 18.0 Å². The molecule has 0 aliphatic carbocycles. The summed E-state index contributed by atoms with van der Waals surface area (Å²) in [4.78, 5) is 162. The molecule has 1 rings (SSSR count). The van der Waals surface area contributed by atoms with Crippen LogP contribution >= 0.6 is 0 Å². The average Bonchev–Trinajstić information content (AvgIpc) is 3.13. The van der Waals surface area contributed by atoms with Gasteiger partial charge in [-0.3, -0.25) is 57.9 Å². The first kappa shape index (κ1) is 80.4. The van der Waals surface area contributed by atoms with Crippen molar-refractivity contribution in [1.29, 1.82) is 0 Å². The summed E-state index contributed by atoms with van der Waals surface area (Å²) >= 11 is 0. The molecule has 6 N–H and O–H groups in total. The predicted octanol–water partition coefficient (Wildman–Crippen LogP) is 3.95. The van der Waals surface area contributed by atoms with Gasteiger partial charge >= 0.3 is 6.03 Å². The summed E-state index contributed by atoms with van der Waals surface area (Å²) in [6, 6.07) is -11.5. The Kier molecular flexibility index (Phi) is 33.8. The monoisotopic (exact) mass is 1260 g/mol. The molecular weight excluding hydrogens is 1140 g/mol. The van der Waals surface area contributed by atoms with Crippen LogP contribution in [-0.4, -0.2) is 219 Å². The smallest absolute Gasteiger partial charge is 0.321 e. The van der Waals surface area contributed by atoms with Crippen LogP contribution in [0.3, 0.4) is 0 Å². The first-order chi connectivity index (χ1) is 41.2. The minimum atomic E-state index is -1.59. The Labute approximate surface area is 531 Å². The number of carbonyl (C=O) groups excluding carboxylic acids is 11. The third kappa shape index (κ3) is 24.2. The number of hydrogen-bond acceptors (Lipinski definition) is 13. The third-order valence-corrected chi connectivity index (χ3v) is 16.6. The largest absolute Gasteiger partial charge is 0.390 e. The number of urea groups is 1. The Bertz CT molecular complexity index is 2520. The van der Waals surface area contributed by atoms with Crippen LogP contribution in [0.25, 0.3) is 0 Å². The summed E-state index contributed by atoms with van der Waals surface area (Å²) in [7, 11) is 11.9. The van der Waals surface area contributed by atoms with E-state index in [2.05, 4.69) is 31.7 Å². The van der Waals surface area contributed by atoms with Gasteiger partial charge in [0, 0.05) is 69.0 Å². The van der Waals surface area contributed by atoms with Crippen molar-refractivity contribution < 1.29 is 57.8 Å². The van der Waals surface area contributed by atoms with Gasteiger partial charge in [-0.1, -0.05) is 96.9 Å². The summed E-state index contributed by atoms with van der Waals surface area (Å²) in [5.41, 5.74) is 0.978. The van der Waals surface area contributed by atoms with Gasteiger partial charge in [-0.15, -0.1) is 0 Å². The fourth-order valence-corrected chi connectivity index (χ4v) is 10.7. The highest BCUT2D eigenvalue weighted by Crippen LogP contribution is 2.26. The Morgan fingerprint density at radius 3 is 1.51 bits per heavy atom. The minimum Gasteiger partial charge on any atom is -0.390 e. The van der Waals surface area contributed by atoms with E-state index in [1.165, 1.54) is 75.7 Å². The predicted molar refractivity (Wildman–Crippen MR) is 343 cm³/mol. The van der Waals surface area contributed by atoms with Crippen LogP contribution in [0, 0.1) is 41.4 Å². The Hall–Kier alpha value is -6.66. The standard InChI is InChI=1S/C64H115N13O12/c1-25-46(60(85)72(19)44(16)59(84)74(21)48(32-38(6)7)57(82)69-51(40(10)11)62(87)75(22)47(31-37(4)5)56(81)67-43(15)55(80)70-64(89)65-17)68-58(83)53(54(79)42(14)27-26-28-45-34-66-71(18)35-45)77(24)63(88)52(41(12)13)76(23)61(86)49(33-39(8)9)73(20)50(78)30-29-36(2)3/h34-44,46-49,51-54,79H,25-33H2,1-24H3,(H,67,81)(H,68,83)(H,69,82)(H2,65,70,80,89)/t42-,43-,44-,46+,47+,48+,49+,51+,52+,53+,54-/m1/s1. The van der Waals surface area contributed by atoms with Crippen molar-refractivity contribution in [3.8, 4) is 0 Å². The number of aliphatic hydroxyl groups is 1. The zero-order valence-corrected chi connectivity index (χ0v) is 58.3. The molecule has 1 heterocycles. The van der Waals surface area contributed by atoms with E-state index >= 15 is 4.79 Å². The van der Waals surface area contributed by atoms with Crippen LogP contribution in [0.2, 0.25) is 0 Å². The molecular formula is C64H115N13O12. The van der Waals surface area contributed by atoms with Crippen molar-refractivity contribution in [1.82, 2.24) is 65.8 Å². The van der Waals surface area contributed by atoms with Crippen LogP contribution in [-0.2, 0) is 61.4 Å². The number of rotatable bonds is 36. The molecule has 0 fully saturated rings. The van der Waals surface area contributed by atoms with Crippen LogP contribution in [0.15, 0.2) is 12.4 Å². The molecule has 0 radical (unpaired) electrons. The number of hydrogen-bond donors (Lipinski definition) is 6. The van der Waals surface area contributed by atoms with Crippen LogP contribution in [0.1, 0.15) is 168 Å². The Morgan fingerprint density at radius 2 is 1.04 bits per heavy atom. The zero-order chi connectivity index (χ0) is 68.8. The molecule has 0 bridgehead atoms. The quantitative estimate of drug-likeness (QED) is 0.0556. The van der Waals surface area contributed by atoms with Gasteiger partial charge in [-0.25, -0.2) is 4.79 Å². The molecule has 0 saturated heterocycles. The number of nitrogens with zero attached hydrogens (tertiary/aromatic N) is 8. The first-order valence-corrected chi connectivity index (χ1v) is 31.9. The van der Waals surface area contributed by atoms with Crippen LogP contribution in [0.5, 0.6) is 0 Å². The summed E-state index contributed by atoms with van der Waals surface area (Å²) in [6.07, 6.45) is 5.37. The molecule has 25 heteroatoms. The number of aryl methyl sites for hydroxylation is 2. The molecule has 0 unspecified atom stereocenters. The lowest BCUT2D eigenvalue weighted by Crippen LogP contribution is -2.63. The van der Waals surface area contributed by atoms with Gasteiger partial charge in [-0.05, 0) is 112 Å². The van der Waals surface area contributed by atoms with Gasteiger partial charge in [0.2, 0.25) is 59.1 Å². The lowest BCUT2D eigenvalue weighted by molar-refractivity contribution is -0.156. The van der Waals surface area contributed by atoms with E-state index in [1.807, 2.05) is 68.6 Å². The second-order valence-electron chi connectivity index (χ2n) is 26.8. The topological polar surface area (TPSA) is 305 Å². The molecule has 1 aromatic rings. The van der Waals surface area contributed by atoms with E-state index in [0.717, 1.165) is 15.4 Å². The summed E-state index contributed by atoms with van der Waals surface area (Å²) < 4.78 is 1.69. The van der Waals surface area contributed by atoms with E-state index in [9.17, 15) is 53.1 Å². The second-order valence-corrected chi connectivity index (χ2v) is 26.8. The molecule has 12 amide bonds. The molecule has 1 aromatic heterocycles.